The Morgan fingerprint density at radius 2 is 2.00 bits per heavy atom. The molecule has 0 saturated heterocycles. The second kappa shape index (κ2) is 4.54. The SMILES string of the molecule is NNc1ccc(C=CCO)cc1. The lowest BCUT2D eigenvalue weighted by molar-refractivity contribution is 0.343. The summed E-state index contributed by atoms with van der Waals surface area (Å²) in [6.07, 6.45) is 3.53. The first-order chi connectivity index (χ1) is 5.86. The fourth-order valence-electron chi connectivity index (χ4n) is 0.879. The molecule has 0 heterocycles. The van der Waals surface area contributed by atoms with E-state index in [1.807, 2.05) is 30.3 Å². The third-order valence-electron chi connectivity index (χ3n) is 1.49. The monoisotopic (exact) mass is 164 g/mol. The van der Waals surface area contributed by atoms with Gasteiger partial charge in [-0.1, -0.05) is 24.3 Å². The normalized spacial score (nSPS) is 10.5. The van der Waals surface area contributed by atoms with E-state index < -0.39 is 0 Å². The number of anilines is 1. The molecule has 12 heavy (non-hydrogen) atoms. The Morgan fingerprint density at radius 3 is 2.50 bits per heavy atom. The Kier molecular flexibility index (Phi) is 3.32. The fourth-order valence-corrected chi connectivity index (χ4v) is 0.879. The number of rotatable bonds is 3. The molecule has 0 amide bonds. The standard InChI is InChI=1S/C9H12N2O/c10-11-9-5-3-8(4-6-9)2-1-7-12/h1-6,11-12H,7,10H2. The van der Waals surface area contributed by atoms with E-state index in [2.05, 4.69) is 5.43 Å². The maximum absolute atomic E-state index is 8.51. The molecular weight excluding hydrogens is 152 g/mol. The summed E-state index contributed by atoms with van der Waals surface area (Å²) in [5, 5.41) is 8.51. The Hall–Kier alpha value is -1.32. The van der Waals surface area contributed by atoms with Crippen LogP contribution in [-0.4, -0.2) is 11.7 Å². The molecule has 1 rings (SSSR count). The van der Waals surface area contributed by atoms with Gasteiger partial charge in [0, 0.05) is 5.69 Å². The first-order valence-corrected chi connectivity index (χ1v) is 3.71. The molecule has 1 aromatic carbocycles. The van der Waals surface area contributed by atoms with Gasteiger partial charge in [-0.25, -0.2) is 0 Å². The van der Waals surface area contributed by atoms with Gasteiger partial charge in [0.25, 0.3) is 0 Å². The van der Waals surface area contributed by atoms with Crippen molar-refractivity contribution < 1.29 is 5.11 Å². The molecule has 0 unspecified atom stereocenters. The van der Waals surface area contributed by atoms with Gasteiger partial charge in [-0.2, -0.15) is 0 Å². The highest BCUT2D eigenvalue weighted by Gasteiger charge is 1.87. The van der Waals surface area contributed by atoms with Crippen LogP contribution in [0, 0.1) is 0 Å². The minimum absolute atomic E-state index is 0.0664. The zero-order chi connectivity index (χ0) is 8.81. The lowest BCUT2D eigenvalue weighted by atomic mass is 10.2. The number of aliphatic hydroxyl groups excluding tert-OH is 1. The number of nitrogens with one attached hydrogen (secondary N) is 1. The molecular formula is C9H12N2O. The molecule has 1 aromatic rings. The summed E-state index contributed by atoms with van der Waals surface area (Å²) in [5.41, 5.74) is 4.45. The van der Waals surface area contributed by atoms with Gasteiger partial charge < -0.3 is 10.5 Å². The third kappa shape index (κ3) is 2.38. The van der Waals surface area contributed by atoms with E-state index in [0.29, 0.717) is 0 Å². The van der Waals surface area contributed by atoms with Crippen LogP contribution in [0.4, 0.5) is 5.69 Å². The molecule has 3 heteroatoms. The van der Waals surface area contributed by atoms with Gasteiger partial charge in [0.1, 0.15) is 0 Å². The van der Waals surface area contributed by atoms with Crippen molar-refractivity contribution in [2.24, 2.45) is 5.84 Å². The highest BCUT2D eigenvalue weighted by molar-refractivity contribution is 5.54. The predicted molar refractivity (Wildman–Crippen MR) is 50.4 cm³/mol. The quantitative estimate of drug-likeness (QED) is 0.461. The molecule has 0 saturated carbocycles. The van der Waals surface area contributed by atoms with Crippen molar-refractivity contribution in [3.05, 3.63) is 35.9 Å². The molecule has 0 bridgehead atoms. The van der Waals surface area contributed by atoms with E-state index in [9.17, 15) is 0 Å². The summed E-state index contributed by atoms with van der Waals surface area (Å²) in [5.74, 6) is 5.19. The van der Waals surface area contributed by atoms with Crippen LogP contribution in [0.25, 0.3) is 6.08 Å². The number of hydrazine groups is 1. The summed E-state index contributed by atoms with van der Waals surface area (Å²) < 4.78 is 0. The zero-order valence-electron chi connectivity index (χ0n) is 6.70. The molecule has 0 fully saturated rings. The van der Waals surface area contributed by atoms with Crippen molar-refractivity contribution in [1.82, 2.24) is 0 Å². The van der Waals surface area contributed by atoms with E-state index in [1.165, 1.54) is 0 Å². The minimum atomic E-state index is 0.0664. The van der Waals surface area contributed by atoms with Crippen LogP contribution in [0.5, 0.6) is 0 Å². The van der Waals surface area contributed by atoms with Crippen molar-refractivity contribution in [2.75, 3.05) is 12.0 Å². The van der Waals surface area contributed by atoms with Crippen LogP contribution >= 0.6 is 0 Å². The summed E-state index contributed by atoms with van der Waals surface area (Å²) >= 11 is 0. The molecule has 0 spiro atoms. The van der Waals surface area contributed by atoms with Gasteiger partial charge in [0.2, 0.25) is 0 Å². The lowest BCUT2D eigenvalue weighted by Gasteiger charge is -1.98. The van der Waals surface area contributed by atoms with E-state index in [4.69, 9.17) is 10.9 Å². The topological polar surface area (TPSA) is 58.3 Å². The first kappa shape index (κ1) is 8.77. The van der Waals surface area contributed by atoms with Gasteiger partial charge in [0.15, 0.2) is 0 Å². The maximum Gasteiger partial charge on any atom is 0.0615 e. The van der Waals surface area contributed by atoms with Gasteiger partial charge in [-0.05, 0) is 17.7 Å². The van der Waals surface area contributed by atoms with Crippen molar-refractivity contribution in [3.63, 3.8) is 0 Å². The average Bonchev–Trinajstić information content (AvgIpc) is 2.15. The number of nitrogens with two attached hydrogens (primary N) is 1. The van der Waals surface area contributed by atoms with Crippen LogP contribution in [0.15, 0.2) is 30.3 Å². The molecule has 0 aliphatic carbocycles. The second-order valence-electron chi connectivity index (χ2n) is 2.35. The van der Waals surface area contributed by atoms with E-state index in [0.717, 1.165) is 11.3 Å². The molecule has 0 radical (unpaired) electrons. The number of hydrogen-bond donors (Lipinski definition) is 3. The van der Waals surface area contributed by atoms with Crippen LogP contribution < -0.4 is 11.3 Å². The van der Waals surface area contributed by atoms with Gasteiger partial charge in [-0.3, -0.25) is 5.84 Å². The van der Waals surface area contributed by atoms with Crippen LogP contribution in [0.2, 0.25) is 0 Å². The Bertz CT molecular complexity index is 254. The number of nitrogen functional groups attached to an aromatic ring is 1. The largest absolute Gasteiger partial charge is 0.392 e. The van der Waals surface area contributed by atoms with Crippen LogP contribution in [-0.2, 0) is 0 Å². The Morgan fingerprint density at radius 1 is 1.33 bits per heavy atom. The predicted octanol–water partition coefficient (Wildman–Crippen LogP) is 0.978. The summed E-state index contributed by atoms with van der Waals surface area (Å²) in [6.45, 7) is 0.0664. The lowest BCUT2D eigenvalue weighted by Crippen LogP contribution is -2.05. The molecule has 3 nitrogen and oxygen atoms in total. The first-order valence-electron chi connectivity index (χ1n) is 3.71. The summed E-state index contributed by atoms with van der Waals surface area (Å²) in [4.78, 5) is 0. The van der Waals surface area contributed by atoms with Crippen molar-refractivity contribution in [3.8, 4) is 0 Å². The number of hydrogen-bond acceptors (Lipinski definition) is 3. The fraction of sp³-hybridized carbons (Fsp3) is 0.111. The third-order valence-corrected chi connectivity index (χ3v) is 1.49. The minimum Gasteiger partial charge on any atom is -0.392 e. The van der Waals surface area contributed by atoms with Crippen molar-refractivity contribution in [1.29, 1.82) is 0 Å². The van der Waals surface area contributed by atoms with E-state index in [1.54, 1.807) is 6.08 Å². The molecule has 0 atom stereocenters. The highest BCUT2D eigenvalue weighted by atomic mass is 16.2. The van der Waals surface area contributed by atoms with E-state index in [-0.39, 0.29) is 6.61 Å². The molecule has 0 aliphatic rings. The molecule has 0 aromatic heterocycles. The average molecular weight is 164 g/mol. The zero-order valence-corrected chi connectivity index (χ0v) is 6.70. The van der Waals surface area contributed by atoms with Gasteiger partial charge in [0.05, 0.1) is 6.61 Å². The summed E-state index contributed by atoms with van der Waals surface area (Å²) in [6, 6.07) is 7.58. The summed E-state index contributed by atoms with van der Waals surface area (Å²) in [7, 11) is 0. The molecule has 64 valence electrons. The smallest absolute Gasteiger partial charge is 0.0615 e. The molecule has 4 N–H and O–H groups in total. The Balaban J connectivity index is 2.71. The van der Waals surface area contributed by atoms with Crippen molar-refractivity contribution in [2.45, 2.75) is 0 Å². The van der Waals surface area contributed by atoms with Crippen molar-refractivity contribution >= 4 is 11.8 Å². The van der Waals surface area contributed by atoms with Gasteiger partial charge in [-0.15, -0.1) is 0 Å². The van der Waals surface area contributed by atoms with E-state index >= 15 is 0 Å². The second-order valence-corrected chi connectivity index (χ2v) is 2.35. The Labute approximate surface area is 71.5 Å². The number of aliphatic hydroxyl groups is 1. The van der Waals surface area contributed by atoms with Crippen LogP contribution in [0.3, 0.4) is 0 Å². The van der Waals surface area contributed by atoms with Gasteiger partial charge >= 0.3 is 0 Å². The van der Waals surface area contributed by atoms with Crippen LogP contribution in [0.1, 0.15) is 5.56 Å². The maximum atomic E-state index is 8.51. The number of benzene rings is 1. The molecule has 0 aliphatic heterocycles. The highest BCUT2D eigenvalue weighted by Crippen LogP contribution is 2.08.